The fraction of sp³-hybridized carbons (Fsp3) is 0.370. The molecule has 1 atom stereocenters. The van der Waals surface area contributed by atoms with Crippen LogP contribution in [-0.4, -0.2) is 35.2 Å². The molecule has 0 bridgehead atoms. The Morgan fingerprint density at radius 3 is 2.25 bits per heavy atom. The van der Waals surface area contributed by atoms with E-state index in [1.807, 2.05) is 38.1 Å². The first kappa shape index (κ1) is 22.0. The summed E-state index contributed by atoms with van der Waals surface area (Å²) in [5.74, 6) is -0.780. The van der Waals surface area contributed by atoms with Gasteiger partial charge in [0, 0.05) is 12.1 Å². The molecule has 1 aliphatic carbocycles. The Bertz CT molecular complexity index is 1040. The first-order chi connectivity index (χ1) is 15.4. The molecule has 1 unspecified atom stereocenters. The number of nitrogens with zero attached hydrogens (tertiary/aromatic N) is 2. The first-order valence-electron chi connectivity index (χ1n) is 11.4. The molecule has 32 heavy (non-hydrogen) atoms. The summed E-state index contributed by atoms with van der Waals surface area (Å²) in [6.07, 6.45) is 7.50. The minimum atomic E-state index is -0.776. The summed E-state index contributed by atoms with van der Waals surface area (Å²) < 4.78 is 0. The highest BCUT2D eigenvalue weighted by atomic mass is 16.2. The van der Waals surface area contributed by atoms with Gasteiger partial charge in [-0.25, -0.2) is 4.90 Å². The van der Waals surface area contributed by atoms with E-state index < -0.39 is 6.04 Å². The second-order valence-corrected chi connectivity index (χ2v) is 8.85. The van der Waals surface area contributed by atoms with Crippen LogP contribution < -0.4 is 4.90 Å². The minimum absolute atomic E-state index is 0.0172. The summed E-state index contributed by atoms with van der Waals surface area (Å²) in [7, 11) is 0. The molecule has 0 radical (unpaired) electrons. The number of hydrogen-bond donors (Lipinski definition) is 0. The van der Waals surface area contributed by atoms with Gasteiger partial charge in [-0.3, -0.25) is 14.4 Å². The molecular formula is C27H30N2O3. The van der Waals surface area contributed by atoms with Crippen LogP contribution in [0.4, 0.5) is 5.69 Å². The van der Waals surface area contributed by atoms with Crippen molar-refractivity contribution >= 4 is 23.4 Å². The Labute approximate surface area is 189 Å². The van der Waals surface area contributed by atoms with Crippen LogP contribution in [0.25, 0.3) is 0 Å². The quantitative estimate of drug-likeness (QED) is 0.480. The number of hydrogen-bond acceptors (Lipinski definition) is 3. The van der Waals surface area contributed by atoms with E-state index in [-0.39, 0.29) is 24.1 Å². The van der Waals surface area contributed by atoms with E-state index in [4.69, 9.17) is 0 Å². The lowest BCUT2D eigenvalue weighted by Gasteiger charge is -2.28. The molecule has 0 spiro atoms. The van der Waals surface area contributed by atoms with Crippen molar-refractivity contribution in [2.75, 3.05) is 11.4 Å². The largest absolute Gasteiger partial charge is 0.326 e. The number of carbonyl (C=O) groups excluding carboxylic acids is 3. The van der Waals surface area contributed by atoms with E-state index in [0.29, 0.717) is 17.8 Å². The third-order valence-corrected chi connectivity index (χ3v) is 6.41. The fourth-order valence-corrected chi connectivity index (χ4v) is 4.48. The maximum absolute atomic E-state index is 13.5. The molecule has 1 fully saturated rings. The van der Waals surface area contributed by atoms with Crippen LogP contribution in [0, 0.1) is 13.8 Å². The lowest BCUT2D eigenvalue weighted by atomic mass is 9.96. The summed E-state index contributed by atoms with van der Waals surface area (Å²) in [4.78, 5) is 42.6. The van der Waals surface area contributed by atoms with E-state index >= 15 is 0 Å². The third-order valence-electron chi connectivity index (χ3n) is 6.41. The van der Waals surface area contributed by atoms with Crippen molar-refractivity contribution in [3.63, 3.8) is 0 Å². The van der Waals surface area contributed by atoms with E-state index in [1.54, 1.807) is 29.2 Å². The van der Waals surface area contributed by atoms with Crippen molar-refractivity contribution in [3.8, 4) is 0 Å². The number of aryl methyl sites for hydroxylation is 2. The van der Waals surface area contributed by atoms with Crippen LogP contribution >= 0.6 is 0 Å². The molecule has 2 aromatic carbocycles. The van der Waals surface area contributed by atoms with Gasteiger partial charge in [-0.05, 0) is 70.2 Å². The highest BCUT2D eigenvalue weighted by Gasteiger charge is 2.44. The molecule has 4 rings (SSSR count). The minimum Gasteiger partial charge on any atom is -0.326 e. The lowest BCUT2D eigenvalue weighted by molar-refractivity contribution is -0.122. The van der Waals surface area contributed by atoms with Gasteiger partial charge in [0.25, 0.3) is 11.8 Å². The zero-order valence-electron chi connectivity index (χ0n) is 18.8. The third kappa shape index (κ3) is 4.67. The maximum atomic E-state index is 13.5. The summed E-state index contributed by atoms with van der Waals surface area (Å²) >= 11 is 0. The number of imide groups is 1. The fourth-order valence-electron chi connectivity index (χ4n) is 4.48. The summed E-state index contributed by atoms with van der Waals surface area (Å²) in [6.45, 7) is 4.37. The topological polar surface area (TPSA) is 57.7 Å². The normalized spacial score (nSPS) is 18.6. The molecular weight excluding hydrogens is 400 g/mol. The smallest absolute Gasteiger partial charge is 0.257 e. The average Bonchev–Trinajstić information content (AvgIpc) is 3.09. The molecule has 0 aromatic heterocycles. The number of allylic oxidation sites excluding steroid dienone is 1. The van der Waals surface area contributed by atoms with Crippen LogP contribution in [0.2, 0.25) is 0 Å². The lowest BCUT2D eigenvalue weighted by Crippen LogP contribution is -2.46. The number of benzene rings is 2. The molecule has 0 N–H and O–H groups in total. The van der Waals surface area contributed by atoms with Crippen molar-refractivity contribution in [1.82, 2.24) is 4.90 Å². The van der Waals surface area contributed by atoms with Crippen molar-refractivity contribution in [2.24, 2.45) is 0 Å². The zero-order valence-corrected chi connectivity index (χ0v) is 18.8. The van der Waals surface area contributed by atoms with Crippen LogP contribution in [-0.2, 0) is 9.59 Å². The van der Waals surface area contributed by atoms with Crippen LogP contribution in [0.1, 0.15) is 60.0 Å². The summed E-state index contributed by atoms with van der Waals surface area (Å²) in [6, 6.07) is 13.9. The predicted molar refractivity (Wildman–Crippen MR) is 125 cm³/mol. The van der Waals surface area contributed by atoms with Gasteiger partial charge in [0.05, 0.1) is 12.1 Å². The zero-order chi connectivity index (χ0) is 22.7. The van der Waals surface area contributed by atoms with Crippen LogP contribution in [0.3, 0.4) is 0 Å². The Kier molecular flexibility index (Phi) is 6.54. The van der Waals surface area contributed by atoms with E-state index in [0.717, 1.165) is 30.4 Å². The van der Waals surface area contributed by atoms with Gasteiger partial charge in [0.15, 0.2) is 0 Å². The SMILES string of the molecule is Cc1ccc(C(=O)N(CCC2=CCCCC2)C2CC(=O)N(c3ccc(C)cc3)C2=O)cc1. The van der Waals surface area contributed by atoms with E-state index in [1.165, 1.54) is 23.3 Å². The second kappa shape index (κ2) is 9.51. The standard InChI is InChI=1S/C27H30N2O3/c1-19-8-12-22(13-9-19)26(31)28(17-16-21-6-4-3-5-7-21)24-18-25(30)29(27(24)32)23-14-10-20(2)11-15-23/h6,8-15,24H,3-5,7,16-18H2,1-2H3. The number of carbonyl (C=O) groups is 3. The van der Waals surface area contributed by atoms with Gasteiger partial charge >= 0.3 is 0 Å². The molecule has 1 heterocycles. The Morgan fingerprint density at radius 2 is 1.62 bits per heavy atom. The molecule has 3 amide bonds. The van der Waals surface area contributed by atoms with Crippen molar-refractivity contribution in [1.29, 1.82) is 0 Å². The number of rotatable bonds is 6. The molecule has 5 nitrogen and oxygen atoms in total. The molecule has 0 saturated carbocycles. The van der Waals surface area contributed by atoms with Gasteiger partial charge in [0.2, 0.25) is 5.91 Å². The molecule has 2 aliphatic rings. The van der Waals surface area contributed by atoms with Crippen LogP contribution in [0.15, 0.2) is 60.2 Å². The Morgan fingerprint density at radius 1 is 0.969 bits per heavy atom. The van der Waals surface area contributed by atoms with Gasteiger partial charge in [0.1, 0.15) is 6.04 Å². The molecule has 2 aromatic rings. The van der Waals surface area contributed by atoms with Gasteiger partial charge in [-0.1, -0.05) is 47.0 Å². The summed E-state index contributed by atoms with van der Waals surface area (Å²) in [5.41, 5.74) is 4.57. The van der Waals surface area contributed by atoms with Crippen LogP contribution in [0.5, 0.6) is 0 Å². The predicted octanol–water partition coefficient (Wildman–Crippen LogP) is 4.97. The Balaban J connectivity index is 1.60. The van der Waals surface area contributed by atoms with Gasteiger partial charge in [-0.15, -0.1) is 0 Å². The van der Waals surface area contributed by atoms with E-state index in [9.17, 15) is 14.4 Å². The van der Waals surface area contributed by atoms with Gasteiger partial charge < -0.3 is 4.90 Å². The number of anilines is 1. The van der Waals surface area contributed by atoms with Crippen molar-refractivity contribution < 1.29 is 14.4 Å². The molecule has 1 saturated heterocycles. The molecule has 166 valence electrons. The van der Waals surface area contributed by atoms with Crippen molar-refractivity contribution in [2.45, 2.75) is 58.4 Å². The Hall–Kier alpha value is -3.21. The summed E-state index contributed by atoms with van der Waals surface area (Å²) in [5, 5.41) is 0. The maximum Gasteiger partial charge on any atom is 0.257 e. The van der Waals surface area contributed by atoms with E-state index in [2.05, 4.69) is 6.08 Å². The number of amides is 3. The first-order valence-corrected chi connectivity index (χ1v) is 11.4. The monoisotopic (exact) mass is 430 g/mol. The highest BCUT2D eigenvalue weighted by molar-refractivity contribution is 6.23. The highest BCUT2D eigenvalue weighted by Crippen LogP contribution is 2.28. The van der Waals surface area contributed by atoms with Crippen molar-refractivity contribution in [3.05, 3.63) is 76.9 Å². The van der Waals surface area contributed by atoms with Gasteiger partial charge in [-0.2, -0.15) is 0 Å². The average molecular weight is 431 g/mol. The second-order valence-electron chi connectivity index (χ2n) is 8.85. The molecule has 5 heteroatoms. The molecule has 1 aliphatic heterocycles.